The van der Waals surface area contributed by atoms with E-state index in [9.17, 15) is 19.8 Å². The van der Waals surface area contributed by atoms with Crippen LogP contribution in [0.25, 0.3) is 0 Å². The quantitative estimate of drug-likeness (QED) is 0.0320. The Balaban J connectivity index is 3.35. The Bertz CT molecular complexity index is 1350. The van der Waals surface area contributed by atoms with Crippen molar-refractivity contribution in [2.45, 2.75) is 463 Å². The van der Waals surface area contributed by atoms with Gasteiger partial charge in [0.25, 0.3) is 0 Å². The topological polar surface area (TPSA) is 95.9 Å². The largest absolute Gasteiger partial charge is 0.466 e. The van der Waals surface area contributed by atoms with E-state index in [1.807, 2.05) is 6.08 Å². The van der Waals surface area contributed by atoms with E-state index in [4.69, 9.17) is 4.74 Å². The van der Waals surface area contributed by atoms with Crippen molar-refractivity contribution < 1.29 is 24.5 Å². The molecule has 6 nitrogen and oxygen atoms in total. The number of aliphatic hydroxyl groups is 2. The minimum Gasteiger partial charge on any atom is -0.466 e. The van der Waals surface area contributed by atoms with Gasteiger partial charge in [0.2, 0.25) is 5.91 Å². The molecule has 0 spiro atoms. The first-order valence-electron chi connectivity index (χ1n) is 39.6. The van der Waals surface area contributed by atoms with Crippen LogP contribution in [-0.2, 0) is 14.3 Å². The standard InChI is InChI=1S/C80H155NO5/c1-3-5-7-9-11-13-15-17-19-21-40-44-48-52-56-60-64-68-72-78(83)77(76-82)81-79(84)73-69-65-61-57-53-49-45-41-38-36-34-32-30-28-26-24-23-25-27-29-31-33-35-37-39-43-47-51-55-59-63-67-71-75-86-80(85)74-70-66-62-58-54-50-46-42-22-20-18-16-14-12-10-8-6-4-2/h27,29,68,72,77-78,82-83H,3-26,28,30-67,69-71,73-76H2,1-2H3,(H,81,84)/b29-27-,72-68+. The highest BCUT2D eigenvalue weighted by Crippen LogP contribution is 2.20. The number of unbranched alkanes of at least 4 members (excludes halogenated alkanes) is 62. The Labute approximate surface area is 539 Å². The Kier molecular flexibility index (Phi) is 74.3. The molecule has 2 atom stereocenters. The highest BCUT2D eigenvalue weighted by Gasteiger charge is 2.18. The van der Waals surface area contributed by atoms with E-state index in [0.717, 1.165) is 38.5 Å². The van der Waals surface area contributed by atoms with Crippen molar-refractivity contribution in [3.8, 4) is 0 Å². The minimum atomic E-state index is -0.843. The van der Waals surface area contributed by atoms with Gasteiger partial charge in [-0.25, -0.2) is 0 Å². The summed E-state index contributed by atoms with van der Waals surface area (Å²) < 4.78 is 5.52. The third kappa shape index (κ3) is 71.4. The molecule has 510 valence electrons. The minimum absolute atomic E-state index is 0.0239. The lowest BCUT2D eigenvalue weighted by Gasteiger charge is -2.20. The van der Waals surface area contributed by atoms with E-state index in [1.54, 1.807) is 6.08 Å². The van der Waals surface area contributed by atoms with E-state index in [2.05, 4.69) is 31.3 Å². The molecule has 0 aliphatic heterocycles. The number of hydrogen-bond acceptors (Lipinski definition) is 5. The van der Waals surface area contributed by atoms with Gasteiger partial charge in [0.05, 0.1) is 25.4 Å². The summed E-state index contributed by atoms with van der Waals surface area (Å²) in [6.45, 7) is 4.96. The number of esters is 1. The first-order valence-corrected chi connectivity index (χ1v) is 39.6. The normalized spacial score (nSPS) is 12.6. The molecule has 0 saturated carbocycles. The van der Waals surface area contributed by atoms with Crippen LogP contribution in [0.15, 0.2) is 24.3 Å². The summed E-state index contributed by atoms with van der Waals surface area (Å²) in [7, 11) is 0. The van der Waals surface area contributed by atoms with Crippen LogP contribution in [0, 0.1) is 0 Å². The van der Waals surface area contributed by atoms with Gasteiger partial charge in [0, 0.05) is 12.8 Å². The Morgan fingerprint density at radius 3 is 0.826 bits per heavy atom. The van der Waals surface area contributed by atoms with Gasteiger partial charge in [-0.05, 0) is 57.8 Å². The van der Waals surface area contributed by atoms with E-state index < -0.39 is 12.1 Å². The number of carbonyl (C=O) groups excluding carboxylic acids is 2. The van der Waals surface area contributed by atoms with Crippen LogP contribution < -0.4 is 5.32 Å². The van der Waals surface area contributed by atoms with Crippen LogP contribution in [0.3, 0.4) is 0 Å². The zero-order valence-electron chi connectivity index (χ0n) is 58.6. The lowest BCUT2D eigenvalue weighted by molar-refractivity contribution is -0.143. The summed E-state index contributed by atoms with van der Waals surface area (Å²) in [5.74, 6) is -0.0369. The van der Waals surface area contributed by atoms with Crippen LogP contribution in [0.1, 0.15) is 450 Å². The molecule has 0 aliphatic rings. The SMILES string of the molecule is CCCCCCCCCCCCCCCCCC/C=C/C(O)C(CO)NC(=O)CCCCCCCCCCCCCCCCCCC/C=C\CCCCCCCCCCCCCCOC(=O)CCCCCCCCCCCCCCCCCCCC. The number of nitrogens with one attached hydrogen (secondary N) is 1. The zero-order valence-corrected chi connectivity index (χ0v) is 58.6. The summed E-state index contributed by atoms with van der Waals surface area (Å²) in [5, 5.41) is 23.2. The summed E-state index contributed by atoms with van der Waals surface area (Å²) in [6, 6.07) is -0.626. The van der Waals surface area contributed by atoms with Crippen molar-refractivity contribution >= 4 is 11.9 Å². The van der Waals surface area contributed by atoms with Gasteiger partial charge in [0.15, 0.2) is 0 Å². The fourth-order valence-corrected chi connectivity index (χ4v) is 12.7. The fourth-order valence-electron chi connectivity index (χ4n) is 12.7. The molecule has 3 N–H and O–H groups in total. The first kappa shape index (κ1) is 84.3. The molecule has 0 heterocycles. The van der Waals surface area contributed by atoms with Crippen molar-refractivity contribution in [1.29, 1.82) is 0 Å². The van der Waals surface area contributed by atoms with Gasteiger partial charge in [-0.2, -0.15) is 0 Å². The van der Waals surface area contributed by atoms with Crippen LogP contribution in [0.5, 0.6) is 0 Å². The number of ether oxygens (including phenoxy) is 1. The smallest absolute Gasteiger partial charge is 0.305 e. The second-order valence-electron chi connectivity index (χ2n) is 27.4. The summed E-state index contributed by atoms with van der Waals surface area (Å²) >= 11 is 0. The molecule has 0 aliphatic carbocycles. The molecular formula is C80H155NO5. The monoisotopic (exact) mass is 1210 g/mol. The number of carbonyl (C=O) groups is 2. The highest BCUT2D eigenvalue weighted by molar-refractivity contribution is 5.76. The molecule has 0 aromatic rings. The van der Waals surface area contributed by atoms with Crippen molar-refractivity contribution in [1.82, 2.24) is 5.32 Å². The van der Waals surface area contributed by atoms with Crippen LogP contribution in [0.2, 0.25) is 0 Å². The Morgan fingerprint density at radius 1 is 0.314 bits per heavy atom. The average molecular weight is 1210 g/mol. The second kappa shape index (κ2) is 75.8. The van der Waals surface area contributed by atoms with Gasteiger partial charge < -0.3 is 20.3 Å². The number of aliphatic hydroxyl groups excluding tert-OH is 2. The lowest BCUT2D eigenvalue weighted by Crippen LogP contribution is -2.45. The molecule has 2 unspecified atom stereocenters. The zero-order chi connectivity index (χ0) is 62.0. The molecule has 0 fully saturated rings. The molecule has 0 radical (unpaired) electrons. The van der Waals surface area contributed by atoms with E-state index >= 15 is 0 Å². The number of rotatable bonds is 75. The lowest BCUT2D eigenvalue weighted by atomic mass is 10.0. The summed E-state index contributed by atoms with van der Waals surface area (Å²) in [6.07, 6.45) is 97.3. The Morgan fingerprint density at radius 2 is 0.547 bits per heavy atom. The van der Waals surface area contributed by atoms with Crippen LogP contribution >= 0.6 is 0 Å². The Hall–Kier alpha value is -1.66. The highest BCUT2D eigenvalue weighted by atomic mass is 16.5. The van der Waals surface area contributed by atoms with E-state index in [-0.39, 0.29) is 18.5 Å². The first-order chi connectivity index (χ1) is 42.5. The number of hydrogen-bond donors (Lipinski definition) is 3. The molecule has 0 aromatic carbocycles. The molecular weight excluding hydrogens is 1050 g/mol. The molecule has 0 rings (SSSR count). The van der Waals surface area contributed by atoms with Crippen LogP contribution in [0.4, 0.5) is 0 Å². The van der Waals surface area contributed by atoms with Gasteiger partial charge in [-0.15, -0.1) is 0 Å². The van der Waals surface area contributed by atoms with Gasteiger partial charge in [-0.1, -0.05) is 404 Å². The molecule has 0 bridgehead atoms. The maximum atomic E-state index is 12.5. The van der Waals surface area contributed by atoms with E-state index in [0.29, 0.717) is 19.4 Å². The van der Waals surface area contributed by atoms with Crippen molar-refractivity contribution in [2.75, 3.05) is 13.2 Å². The van der Waals surface area contributed by atoms with Gasteiger partial charge in [0.1, 0.15) is 0 Å². The second-order valence-corrected chi connectivity index (χ2v) is 27.4. The molecule has 1 amide bonds. The third-order valence-corrected chi connectivity index (χ3v) is 18.7. The molecule has 86 heavy (non-hydrogen) atoms. The average Bonchev–Trinajstić information content (AvgIpc) is 3.54. The predicted molar refractivity (Wildman–Crippen MR) is 380 cm³/mol. The predicted octanol–water partition coefficient (Wildman–Crippen LogP) is 26.0. The van der Waals surface area contributed by atoms with Gasteiger partial charge in [-0.3, -0.25) is 9.59 Å². The van der Waals surface area contributed by atoms with Gasteiger partial charge >= 0.3 is 5.97 Å². The number of allylic oxidation sites excluding steroid dienone is 3. The fraction of sp³-hybridized carbons (Fsp3) is 0.925. The maximum absolute atomic E-state index is 12.5. The molecule has 6 heteroatoms. The molecule has 0 saturated heterocycles. The van der Waals surface area contributed by atoms with Crippen molar-refractivity contribution in [3.05, 3.63) is 24.3 Å². The summed E-state index contributed by atoms with van der Waals surface area (Å²) in [4.78, 5) is 24.6. The summed E-state index contributed by atoms with van der Waals surface area (Å²) in [5.41, 5.74) is 0. The number of amides is 1. The van der Waals surface area contributed by atoms with Crippen molar-refractivity contribution in [2.24, 2.45) is 0 Å². The third-order valence-electron chi connectivity index (χ3n) is 18.7. The maximum Gasteiger partial charge on any atom is 0.305 e. The van der Waals surface area contributed by atoms with E-state index in [1.165, 1.54) is 385 Å². The van der Waals surface area contributed by atoms with Crippen molar-refractivity contribution in [3.63, 3.8) is 0 Å². The van der Waals surface area contributed by atoms with Crippen LogP contribution in [-0.4, -0.2) is 47.4 Å². The molecule has 0 aromatic heterocycles.